The van der Waals surface area contributed by atoms with Crippen LogP contribution in [0.4, 0.5) is 11.4 Å². The number of amides is 2. The van der Waals surface area contributed by atoms with Crippen molar-refractivity contribution in [3.63, 3.8) is 0 Å². The third kappa shape index (κ3) is 6.42. The van der Waals surface area contributed by atoms with E-state index in [1.54, 1.807) is 48.2 Å². The summed E-state index contributed by atoms with van der Waals surface area (Å²) < 4.78 is 17.0. The summed E-state index contributed by atoms with van der Waals surface area (Å²) in [6.45, 7) is 4.51. The molecule has 0 saturated heterocycles. The average molecular weight is 529 g/mol. The lowest BCUT2D eigenvalue weighted by atomic mass is 10.2. The van der Waals surface area contributed by atoms with Crippen molar-refractivity contribution in [2.24, 2.45) is 0 Å². The van der Waals surface area contributed by atoms with Crippen molar-refractivity contribution in [3.8, 4) is 17.2 Å². The van der Waals surface area contributed by atoms with Gasteiger partial charge < -0.3 is 24.4 Å². The van der Waals surface area contributed by atoms with Crippen LogP contribution in [0.1, 0.15) is 18.9 Å². The van der Waals surface area contributed by atoms with Gasteiger partial charge in [0.15, 0.2) is 12.7 Å². The number of carbonyl (C=O) groups excluding carboxylic acids is 2. The molecule has 1 aliphatic heterocycles. The van der Waals surface area contributed by atoms with Crippen LogP contribution in [0.2, 0.25) is 10.0 Å². The van der Waals surface area contributed by atoms with Crippen LogP contribution < -0.4 is 24.4 Å². The Morgan fingerprint density at radius 2 is 1.89 bits per heavy atom. The lowest BCUT2D eigenvalue weighted by molar-refractivity contribution is -0.122. The van der Waals surface area contributed by atoms with E-state index in [4.69, 9.17) is 37.4 Å². The third-order valence-corrected chi connectivity index (χ3v) is 6.08. The molecule has 0 bridgehead atoms. The minimum atomic E-state index is -0.826. The standard InChI is InChI=1S/C27H26Cl2N2O5/c1-17-4-8-21(9-5-17)34-13-3-12-31-23-15-20(7-11-25(23)35-16-26(31)32)30-27(33)18(2)36-24-10-6-19(28)14-22(24)29/h4-11,14-15,18H,3,12-13,16H2,1-2H3,(H,30,33). The summed E-state index contributed by atoms with van der Waals surface area (Å²) in [6, 6.07) is 17.8. The number of hydrogen-bond acceptors (Lipinski definition) is 5. The molecule has 2 amide bonds. The van der Waals surface area contributed by atoms with Crippen LogP contribution in [0.15, 0.2) is 60.7 Å². The van der Waals surface area contributed by atoms with Gasteiger partial charge in [0, 0.05) is 17.3 Å². The molecule has 1 atom stereocenters. The predicted octanol–water partition coefficient (Wildman–Crippen LogP) is 5.90. The Morgan fingerprint density at radius 3 is 2.64 bits per heavy atom. The van der Waals surface area contributed by atoms with E-state index >= 15 is 0 Å². The molecule has 3 aromatic rings. The quantitative estimate of drug-likeness (QED) is 0.349. The number of fused-ring (bicyclic) bond motifs is 1. The number of aryl methyl sites for hydroxylation is 1. The van der Waals surface area contributed by atoms with Crippen molar-refractivity contribution >= 4 is 46.4 Å². The molecule has 0 aromatic heterocycles. The van der Waals surface area contributed by atoms with Gasteiger partial charge in [-0.3, -0.25) is 9.59 Å². The van der Waals surface area contributed by atoms with Gasteiger partial charge in [0.25, 0.3) is 11.8 Å². The summed E-state index contributed by atoms with van der Waals surface area (Å²) in [6.07, 6.45) is -0.199. The van der Waals surface area contributed by atoms with Crippen molar-refractivity contribution in [3.05, 3.63) is 76.3 Å². The molecule has 0 fully saturated rings. The zero-order chi connectivity index (χ0) is 25.7. The highest BCUT2D eigenvalue weighted by molar-refractivity contribution is 6.35. The highest BCUT2D eigenvalue weighted by Crippen LogP contribution is 2.35. The number of rotatable bonds is 9. The van der Waals surface area contributed by atoms with E-state index in [1.165, 1.54) is 0 Å². The van der Waals surface area contributed by atoms with E-state index in [9.17, 15) is 9.59 Å². The third-order valence-electron chi connectivity index (χ3n) is 5.55. The largest absolute Gasteiger partial charge is 0.494 e. The average Bonchev–Trinajstić information content (AvgIpc) is 2.85. The molecule has 4 rings (SSSR count). The first-order chi connectivity index (χ1) is 17.3. The number of benzene rings is 3. The Morgan fingerprint density at radius 1 is 1.11 bits per heavy atom. The maximum absolute atomic E-state index is 12.7. The van der Waals surface area contributed by atoms with Crippen molar-refractivity contribution in [2.75, 3.05) is 30.0 Å². The molecular weight excluding hydrogens is 503 g/mol. The van der Waals surface area contributed by atoms with Crippen LogP contribution in [0.3, 0.4) is 0 Å². The van der Waals surface area contributed by atoms with Gasteiger partial charge in [0.2, 0.25) is 0 Å². The van der Waals surface area contributed by atoms with Crippen LogP contribution >= 0.6 is 23.2 Å². The first-order valence-corrected chi connectivity index (χ1v) is 12.2. The summed E-state index contributed by atoms with van der Waals surface area (Å²) in [5.74, 6) is 1.18. The highest BCUT2D eigenvalue weighted by Gasteiger charge is 2.26. The Bertz CT molecular complexity index is 1250. The van der Waals surface area contributed by atoms with Crippen LogP contribution in [-0.2, 0) is 9.59 Å². The zero-order valence-electron chi connectivity index (χ0n) is 19.9. The maximum Gasteiger partial charge on any atom is 0.265 e. The fraction of sp³-hybridized carbons (Fsp3) is 0.259. The number of nitrogens with one attached hydrogen (secondary N) is 1. The molecule has 3 aromatic carbocycles. The van der Waals surface area contributed by atoms with Gasteiger partial charge in [-0.1, -0.05) is 40.9 Å². The molecular formula is C27H26Cl2N2O5. The summed E-state index contributed by atoms with van der Waals surface area (Å²) in [5.41, 5.74) is 2.26. The van der Waals surface area contributed by atoms with Gasteiger partial charge in [-0.2, -0.15) is 0 Å². The van der Waals surface area contributed by atoms with Crippen LogP contribution in [0.5, 0.6) is 17.2 Å². The fourth-order valence-corrected chi connectivity index (χ4v) is 4.08. The maximum atomic E-state index is 12.7. The van der Waals surface area contributed by atoms with Crippen molar-refractivity contribution in [2.45, 2.75) is 26.4 Å². The van der Waals surface area contributed by atoms with Crippen LogP contribution in [0, 0.1) is 6.92 Å². The number of halogens is 2. The second-order valence-electron chi connectivity index (χ2n) is 8.36. The predicted molar refractivity (Wildman–Crippen MR) is 141 cm³/mol. The van der Waals surface area contributed by atoms with Gasteiger partial charge in [-0.25, -0.2) is 0 Å². The van der Waals surface area contributed by atoms with Crippen molar-refractivity contribution < 1.29 is 23.8 Å². The molecule has 0 aliphatic carbocycles. The number of ether oxygens (including phenoxy) is 3. The van der Waals surface area contributed by atoms with E-state index in [0.29, 0.717) is 52.5 Å². The molecule has 1 N–H and O–H groups in total. The second kappa shape index (κ2) is 11.5. The lowest BCUT2D eigenvalue weighted by Crippen LogP contribution is -2.40. The second-order valence-corrected chi connectivity index (χ2v) is 9.20. The molecule has 0 radical (unpaired) electrons. The van der Waals surface area contributed by atoms with Crippen molar-refractivity contribution in [1.29, 1.82) is 0 Å². The SMILES string of the molecule is Cc1ccc(OCCCN2C(=O)COc3ccc(NC(=O)C(C)Oc4ccc(Cl)cc4Cl)cc32)cc1. The van der Waals surface area contributed by atoms with Crippen LogP contribution in [0.25, 0.3) is 0 Å². The topological polar surface area (TPSA) is 77.1 Å². The normalized spacial score (nSPS) is 13.4. The monoisotopic (exact) mass is 528 g/mol. The minimum absolute atomic E-state index is 0.0374. The molecule has 9 heteroatoms. The first-order valence-electron chi connectivity index (χ1n) is 11.5. The molecule has 0 spiro atoms. The van der Waals surface area contributed by atoms with E-state index < -0.39 is 6.10 Å². The molecule has 1 unspecified atom stereocenters. The van der Waals surface area contributed by atoms with Gasteiger partial charge in [-0.15, -0.1) is 0 Å². The molecule has 0 saturated carbocycles. The summed E-state index contributed by atoms with van der Waals surface area (Å²) in [4.78, 5) is 27.0. The smallest absolute Gasteiger partial charge is 0.265 e. The number of nitrogens with zero attached hydrogens (tertiary/aromatic N) is 1. The molecule has 1 heterocycles. The molecule has 7 nitrogen and oxygen atoms in total. The van der Waals surface area contributed by atoms with Gasteiger partial charge in [0.1, 0.15) is 17.2 Å². The number of anilines is 2. The van der Waals surface area contributed by atoms with Gasteiger partial charge in [0.05, 0.1) is 17.3 Å². The van der Waals surface area contributed by atoms with Gasteiger partial charge in [-0.05, 0) is 68.8 Å². The van der Waals surface area contributed by atoms with E-state index in [2.05, 4.69) is 5.32 Å². The summed E-state index contributed by atoms with van der Waals surface area (Å²) in [5, 5.41) is 3.61. The summed E-state index contributed by atoms with van der Waals surface area (Å²) in [7, 11) is 0. The van der Waals surface area contributed by atoms with Gasteiger partial charge >= 0.3 is 0 Å². The van der Waals surface area contributed by atoms with Crippen molar-refractivity contribution in [1.82, 2.24) is 0 Å². The van der Waals surface area contributed by atoms with Crippen LogP contribution in [-0.4, -0.2) is 37.7 Å². The Balaban J connectivity index is 1.38. The molecule has 36 heavy (non-hydrogen) atoms. The molecule has 1 aliphatic rings. The molecule has 188 valence electrons. The van der Waals surface area contributed by atoms with E-state index in [-0.39, 0.29) is 18.4 Å². The van der Waals surface area contributed by atoms with E-state index in [1.807, 2.05) is 31.2 Å². The Labute approximate surface area is 219 Å². The lowest BCUT2D eigenvalue weighted by Gasteiger charge is -2.30. The first kappa shape index (κ1) is 25.7. The fourth-order valence-electron chi connectivity index (χ4n) is 3.63. The minimum Gasteiger partial charge on any atom is -0.494 e. The van der Waals surface area contributed by atoms with E-state index in [0.717, 1.165) is 11.3 Å². The Hall–Kier alpha value is -3.42. The Kier molecular flexibility index (Phi) is 8.23. The number of carbonyl (C=O) groups is 2. The number of hydrogen-bond donors (Lipinski definition) is 1. The highest BCUT2D eigenvalue weighted by atomic mass is 35.5. The zero-order valence-corrected chi connectivity index (χ0v) is 21.4. The summed E-state index contributed by atoms with van der Waals surface area (Å²) >= 11 is 12.1.